The summed E-state index contributed by atoms with van der Waals surface area (Å²) in [5.41, 5.74) is 4.64. The summed E-state index contributed by atoms with van der Waals surface area (Å²) in [6.07, 6.45) is 7.31. The molecule has 5 heteroatoms. The monoisotopic (exact) mass is 633 g/mol. The second-order valence-corrected chi connectivity index (χ2v) is 13.2. The first kappa shape index (κ1) is 33.6. The molecule has 5 nitrogen and oxygen atoms in total. The van der Waals surface area contributed by atoms with Crippen molar-refractivity contribution in [3.8, 4) is 0 Å². The zero-order valence-corrected chi connectivity index (χ0v) is 27.7. The van der Waals surface area contributed by atoms with Crippen LogP contribution in [-0.4, -0.2) is 49.0 Å². The van der Waals surface area contributed by atoms with Crippen LogP contribution in [0.1, 0.15) is 60.8 Å². The Labute approximate surface area is 281 Å². The van der Waals surface area contributed by atoms with Gasteiger partial charge >= 0.3 is 0 Å². The lowest BCUT2D eigenvalue weighted by atomic mass is 9.86. The van der Waals surface area contributed by atoms with Crippen LogP contribution < -0.4 is 0 Å². The first-order chi connectivity index (χ1) is 23.3. The summed E-state index contributed by atoms with van der Waals surface area (Å²) < 4.78 is 27.2. The average Bonchev–Trinajstić information content (AvgIpc) is 3.14. The van der Waals surface area contributed by atoms with Crippen LogP contribution in [0, 0.1) is 5.92 Å². The standard InChI is InChI=1S/C42H51NO4/c1-6-16-34(17-7-1)26-27-43-28-40(45-30-36-20-10-3-11-21-36)42(47-32-38-24-14-5-15-25-38)41(46-31-37-22-12-4-13-23-37)39(43)33-44-29-35-18-8-2-9-19-35/h2-5,8-15,18-25,34,39-42H,1,6-7,16-17,26-33H2/t39-,40-,41+,42+/m0/s1. The topological polar surface area (TPSA) is 40.2 Å². The van der Waals surface area contributed by atoms with Gasteiger partial charge in [-0.3, -0.25) is 4.90 Å². The molecule has 0 aromatic heterocycles. The summed E-state index contributed by atoms with van der Waals surface area (Å²) in [5.74, 6) is 0.786. The fraction of sp³-hybridized carbons (Fsp3) is 0.429. The highest BCUT2D eigenvalue weighted by molar-refractivity contribution is 5.16. The molecule has 0 amide bonds. The van der Waals surface area contributed by atoms with Crippen LogP contribution in [0.2, 0.25) is 0 Å². The molecular weight excluding hydrogens is 582 g/mol. The van der Waals surface area contributed by atoms with Crippen molar-refractivity contribution in [1.82, 2.24) is 4.90 Å². The molecule has 2 fully saturated rings. The van der Waals surface area contributed by atoms with Crippen molar-refractivity contribution in [3.63, 3.8) is 0 Å². The van der Waals surface area contributed by atoms with Crippen LogP contribution in [0.25, 0.3) is 0 Å². The third-order valence-corrected chi connectivity index (χ3v) is 9.78. The molecule has 0 radical (unpaired) electrons. The molecule has 0 spiro atoms. The molecule has 0 unspecified atom stereocenters. The van der Waals surface area contributed by atoms with Crippen LogP contribution in [0.15, 0.2) is 121 Å². The second kappa shape index (κ2) is 18.3. The largest absolute Gasteiger partial charge is 0.375 e. The van der Waals surface area contributed by atoms with E-state index in [1.807, 2.05) is 6.07 Å². The Balaban J connectivity index is 1.27. The molecule has 4 atom stereocenters. The van der Waals surface area contributed by atoms with Gasteiger partial charge in [0.25, 0.3) is 0 Å². The minimum absolute atomic E-state index is 0.0309. The van der Waals surface area contributed by atoms with E-state index in [1.54, 1.807) is 0 Å². The number of nitrogens with zero attached hydrogens (tertiary/aromatic N) is 1. The average molecular weight is 634 g/mol. The van der Waals surface area contributed by atoms with Crippen LogP contribution >= 0.6 is 0 Å². The number of piperidine rings is 1. The van der Waals surface area contributed by atoms with Crippen molar-refractivity contribution in [2.75, 3.05) is 19.7 Å². The van der Waals surface area contributed by atoms with Crippen molar-refractivity contribution >= 4 is 0 Å². The van der Waals surface area contributed by atoms with E-state index in [9.17, 15) is 0 Å². The Kier molecular flexibility index (Phi) is 13.1. The molecule has 1 saturated carbocycles. The molecule has 1 aliphatic heterocycles. The Morgan fingerprint density at radius 2 is 0.979 bits per heavy atom. The minimum atomic E-state index is -0.265. The zero-order chi connectivity index (χ0) is 31.9. The van der Waals surface area contributed by atoms with Crippen molar-refractivity contribution in [3.05, 3.63) is 144 Å². The third-order valence-electron chi connectivity index (χ3n) is 9.78. The smallest absolute Gasteiger partial charge is 0.113 e. The SMILES string of the molecule is c1ccc(COC[C@H]2[C@@H](OCc3ccccc3)[C@H](OCc3ccccc3)[C@@H](OCc3ccccc3)CN2CCC2CCCCC2)cc1. The van der Waals surface area contributed by atoms with Gasteiger partial charge in [-0.2, -0.15) is 0 Å². The fourth-order valence-corrected chi connectivity index (χ4v) is 7.13. The maximum Gasteiger partial charge on any atom is 0.113 e. The molecule has 0 bridgehead atoms. The zero-order valence-electron chi connectivity index (χ0n) is 27.7. The summed E-state index contributed by atoms with van der Waals surface area (Å²) >= 11 is 0. The molecule has 4 aromatic rings. The molecule has 6 rings (SSSR count). The molecule has 47 heavy (non-hydrogen) atoms. The summed E-state index contributed by atoms with van der Waals surface area (Å²) in [6.45, 7) is 4.47. The van der Waals surface area contributed by atoms with Gasteiger partial charge in [-0.05, 0) is 41.1 Å². The quantitative estimate of drug-likeness (QED) is 0.124. The van der Waals surface area contributed by atoms with Gasteiger partial charge in [-0.1, -0.05) is 153 Å². The highest BCUT2D eigenvalue weighted by Crippen LogP contribution is 2.32. The van der Waals surface area contributed by atoms with Crippen molar-refractivity contribution in [1.29, 1.82) is 0 Å². The van der Waals surface area contributed by atoms with Gasteiger partial charge in [0, 0.05) is 6.54 Å². The van der Waals surface area contributed by atoms with E-state index >= 15 is 0 Å². The Bertz CT molecular complexity index is 1400. The molecule has 1 aliphatic carbocycles. The van der Waals surface area contributed by atoms with Gasteiger partial charge in [0.1, 0.15) is 12.2 Å². The number of hydrogen-bond acceptors (Lipinski definition) is 5. The lowest BCUT2D eigenvalue weighted by molar-refractivity contribution is -0.211. The lowest BCUT2D eigenvalue weighted by Crippen LogP contribution is -2.64. The number of rotatable bonds is 16. The maximum atomic E-state index is 6.96. The van der Waals surface area contributed by atoms with Crippen molar-refractivity contribution in [2.45, 2.75) is 89.3 Å². The van der Waals surface area contributed by atoms with E-state index < -0.39 is 0 Å². The molecule has 1 saturated heterocycles. The van der Waals surface area contributed by atoms with Crippen LogP contribution in [0.5, 0.6) is 0 Å². The van der Waals surface area contributed by atoms with Crippen LogP contribution in [-0.2, 0) is 45.4 Å². The third kappa shape index (κ3) is 10.3. The first-order valence-corrected chi connectivity index (χ1v) is 17.6. The Morgan fingerprint density at radius 3 is 1.51 bits per heavy atom. The highest BCUT2D eigenvalue weighted by atomic mass is 16.6. The molecule has 248 valence electrons. The van der Waals surface area contributed by atoms with Crippen molar-refractivity contribution < 1.29 is 18.9 Å². The minimum Gasteiger partial charge on any atom is -0.375 e. The van der Waals surface area contributed by atoms with Gasteiger partial charge in [-0.25, -0.2) is 0 Å². The predicted molar refractivity (Wildman–Crippen MR) is 188 cm³/mol. The van der Waals surface area contributed by atoms with Gasteiger partial charge in [-0.15, -0.1) is 0 Å². The molecule has 2 aliphatic rings. The summed E-state index contributed by atoms with van der Waals surface area (Å²) in [5, 5.41) is 0. The van der Waals surface area contributed by atoms with Crippen molar-refractivity contribution in [2.24, 2.45) is 5.92 Å². The van der Waals surface area contributed by atoms with E-state index in [1.165, 1.54) is 44.1 Å². The van der Waals surface area contributed by atoms with E-state index in [0.717, 1.165) is 35.7 Å². The van der Waals surface area contributed by atoms with E-state index in [0.29, 0.717) is 33.0 Å². The number of ether oxygens (including phenoxy) is 4. The summed E-state index contributed by atoms with van der Waals surface area (Å²) in [7, 11) is 0. The van der Waals surface area contributed by atoms with Gasteiger partial charge in [0.15, 0.2) is 0 Å². The molecule has 4 aromatic carbocycles. The number of likely N-dealkylation sites (tertiary alicyclic amines) is 1. The Hall–Kier alpha value is -3.32. The molecule has 1 heterocycles. The van der Waals surface area contributed by atoms with E-state index in [2.05, 4.69) is 120 Å². The summed E-state index contributed by atoms with van der Waals surface area (Å²) in [6, 6.07) is 41.9. The van der Waals surface area contributed by atoms with Gasteiger partial charge < -0.3 is 18.9 Å². The second-order valence-electron chi connectivity index (χ2n) is 13.2. The first-order valence-electron chi connectivity index (χ1n) is 17.6. The van der Waals surface area contributed by atoms with E-state index in [-0.39, 0.29) is 24.4 Å². The fourth-order valence-electron chi connectivity index (χ4n) is 7.13. The Morgan fingerprint density at radius 1 is 0.511 bits per heavy atom. The lowest BCUT2D eigenvalue weighted by Gasteiger charge is -2.48. The maximum absolute atomic E-state index is 6.96. The molecule has 0 N–H and O–H groups in total. The number of hydrogen-bond donors (Lipinski definition) is 0. The van der Waals surface area contributed by atoms with E-state index in [4.69, 9.17) is 18.9 Å². The van der Waals surface area contributed by atoms with Crippen LogP contribution in [0.4, 0.5) is 0 Å². The van der Waals surface area contributed by atoms with Gasteiger partial charge in [0.2, 0.25) is 0 Å². The highest BCUT2D eigenvalue weighted by Gasteiger charge is 2.46. The normalized spacial score (nSPS) is 22.3. The predicted octanol–water partition coefficient (Wildman–Crippen LogP) is 8.61. The summed E-state index contributed by atoms with van der Waals surface area (Å²) in [4.78, 5) is 2.60. The van der Waals surface area contributed by atoms with Crippen LogP contribution in [0.3, 0.4) is 0 Å². The number of benzene rings is 4. The van der Waals surface area contributed by atoms with Gasteiger partial charge in [0.05, 0.1) is 45.2 Å². The molecular formula is C42H51NO4.